The van der Waals surface area contributed by atoms with Crippen molar-refractivity contribution in [2.45, 2.75) is 215 Å². The molecule has 0 bridgehead atoms. The summed E-state index contributed by atoms with van der Waals surface area (Å²) in [5, 5.41) is 0. The van der Waals surface area contributed by atoms with Gasteiger partial charge in [-0.1, -0.05) is 193 Å². The van der Waals surface area contributed by atoms with Crippen LogP contribution < -0.4 is 0 Å². The molecule has 0 rings (SSSR count). The first-order valence-electron chi connectivity index (χ1n) is 19.5. The summed E-state index contributed by atoms with van der Waals surface area (Å²) in [4.78, 5) is 0. The predicted octanol–water partition coefficient (Wildman–Crippen LogP) is 15.5. The molecule has 0 saturated heterocycles. The van der Waals surface area contributed by atoms with Crippen LogP contribution in [0.4, 0.5) is 0 Å². The van der Waals surface area contributed by atoms with E-state index in [1.165, 1.54) is 167 Å². The third-order valence-corrected chi connectivity index (χ3v) is 9.07. The lowest BCUT2D eigenvalue weighted by Crippen LogP contribution is -2.05. The van der Waals surface area contributed by atoms with Crippen LogP contribution in [0.25, 0.3) is 0 Å². The molecule has 0 heteroatoms. The molecule has 0 nitrogen and oxygen atoms in total. The van der Waals surface area contributed by atoms with Gasteiger partial charge in [-0.15, -0.1) is 0 Å². The lowest BCUT2D eigenvalue weighted by Gasteiger charge is -2.20. The quantitative estimate of drug-likeness (QED) is 0.0545. The minimum atomic E-state index is 0.761. The van der Waals surface area contributed by atoms with Crippen LogP contribution in [0.2, 0.25) is 0 Å². The molecule has 0 heterocycles. The second kappa shape index (κ2) is 33.1. The molecule has 0 aliphatic heterocycles. The lowest BCUT2D eigenvalue weighted by atomic mass is 9.85. The maximum atomic E-state index is 2.66. The first-order chi connectivity index (χ1) is 20.5. The Morgan fingerprint density at radius 2 is 0.905 bits per heavy atom. The molecule has 1 atom stereocenters. The second-order valence-corrected chi connectivity index (χ2v) is 14.4. The Morgan fingerprint density at radius 3 is 1.43 bits per heavy atom. The summed E-state index contributed by atoms with van der Waals surface area (Å²) in [5.41, 5.74) is 1.79. The number of rotatable bonds is 32. The second-order valence-electron chi connectivity index (χ2n) is 14.4. The fourth-order valence-corrected chi connectivity index (χ4v) is 6.18. The highest BCUT2D eigenvalue weighted by Gasteiger charge is 2.13. The van der Waals surface area contributed by atoms with Crippen LogP contribution in [-0.2, 0) is 0 Å². The Bertz CT molecular complexity index is 604. The maximum Gasteiger partial charge on any atom is -0.0166 e. The monoisotopic (exact) mass is 585 g/mol. The van der Waals surface area contributed by atoms with E-state index in [2.05, 4.69) is 71.9 Å². The fraction of sp³-hybridized carbons (Fsp3) is 0.857. The molecular formula is C42H80. The van der Waals surface area contributed by atoms with E-state index in [9.17, 15) is 0 Å². The van der Waals surface area contributed by atoms with E-state index in [4.69, 9.17) is 0 Å². The van der Waals surface area contributed by atoms with Gasteiger partial charge in [0.15, 0.2) is 0 Å². The molecule has 248 valence electrons. The molecule has 0 fully saturated rings. The van der Waals surface area contributed by atoms with Gasteiger partial charge in [-0.25, -0.2) is 0 Å². The Labute approximate surface area is 268 Å². The summed E-state index contributed by atoms with van der Waals surface area (Å²) in [5.74, 6) is 2.49. The zero-order valence-corrected chi connectivity index (χ0v) is 30.2. The van der Waals surface area contributed by atoms with Gasteiger partial charge in [-0.2, -0.15) is 0 Å². The van der Waals surface area contributed by atoms with E-state index >= 15 is 0 Å². The molecule has 42 heavy (non-hydrogen) atoms. The first kappa shape index (κ1) is 41.2. The van der Waals surface area contributed by atoms with E-state index in [1.807, 2.05) is 0 Å². The molecule has 0 aliphatic rings. The summed E-state index contributed by atoms with van der Waals surface area (Å²) in [6.45, 7) is 14.1. The van der Waals surface area contributed by atoms with E-state index < -0.39 is 0 Å². The molecule has 0 spiro atoms. The van der Waals surface area contributed by atoms with Gasteiger partial charge in [0.1, 0.15) is 0 Å². The van der Waals surface area contributed by atoms with Crippen LogP contribution in [-0.4, -0.2) is 0 Å². The molecule has 0 saturated carbocycles. The van der Waals surface area contributed by atoms with Gasteiger partial charge in [0.05, 0.1) is 0 Å². The van der Waals surface area contributed by atoms with Crippen molar-refractivity contribution in [1.82, 2.24) is 0 Å². The summed E-state index contributed by atoms with van der Waals surface area (Å²) < 4.78 is 0. The summed E-state index contributed by atoms with van der Waals surface area (Å²) in [7, 11) is 0. The highest BCUT2D eigenvalue weighted by atomic mass is 14.2. The SMILES string of the molecule is CCCCCC/C=C/C/C=C(/CCCCCCCC(C)C)C(C/C=C/CCCCCC)CCCCCCCCC(C)C. The zero-order valence-electron chi connectivity index (χ0n) is 30.2. The fourth-order valence-electron chi connectivity index (χ4n) is 6.18. The average Bonchev–Trinajstić information content (AvgIpc) is 2.96. The number of unbranched alkanes of at least 4 members (excludes halogenated alkanes) is 17. The van der Waals surface area contributed by atoms with Crippen molar-refractivity contribution >= 4 is 0 Å². The largest absolute Gasteiger partial charge is 0.0885 e. The van der Waals surface area contributed by atoms with Gasteiger partial charge in [-0.05, 0) is 75.5 Å². The molecule has 0 amide bonds. The number of allylic oxidation sites excluding steroid dienone is 6. The molecule has 1 unspecified atom stereocenters. The Kier molecular flexibility index (Phi) is 32.5. The summed E-state index contributed by atoms with van der Waals surface area (Å²) >= 11 is 0. The molecule has 0 aromatic heterocycles. The summed E-state index contributed by atoms with van der Waals surface area (Å²) in [6.07, 6.45) is 49.8. The van der Waals surface area contributed by atoms with Crippen LogP contribution in [0.1, 0.15) is 215 Å². The first-order valence-corrected chi connectivity index (χ1v) is 19.5. The van der Waals surface area contributed by atoms with Crippen molar-refractivity contribution in [3.63, 3.8) is 0 Å². The Morgan fingerprint density at radius 1 is 0.452 bits per heavy atom. The highest BCUT2D eigenvalue weighted by molar-refractivity contribution is 5.11. The van der Waals surface area contributed by atoms with Crippen LogP contribution in [0.5, 0.6) is 0 Å². The molecule has 0 aromatic rings. The third kappa shape index (κ3) is 30.7. The Balaban J connectivity index is 5.04. The van der Waals surface area contributed by atoms with Gasteiger partial charge in [0.25, 0.3) is 0 Å². The summed E-state index contributed by atoms with van der Waals surface area (Å²) in [6, 6.07) is 0. The zero-order chi connectivity index (χ0) is 30.9. The van der Waals surface area contributed by atoms with Gasteiger partial charge in [-0.3, -0.25) is 0 Å². The predicted molar refractivity (Wildman–Crippen MR) is 196 cm³/mol. The highest BCUT2D eigenvalue weighted by Crippen LogP contribution is 2.29. The molecule has 0 aliphatic carbocycles. The average molecular weight is 585 g/mol. The maximum absolute atomic E-state index is 2.66. The van der Waals surface area contributed by atoms with Crippen molar-refractivity contribution < 1.29 is 0 Å². The van der Waals surface area contributed by atoms with Crippen molar-refractivity contribution in [3.8, 4) is 0 Å². The lowest BCUT2D eigenvalue weighted by molar-refractivity contribution is 0.472. The third-order valence-electron chi connectivity index (χ3n) is 9.07. The standard InChI is InChI=1S/C42H80/c1-7-9-11-13-15-17-24-30-36-42(38-32-26-20-22-28-34-40(5)6)41(35-29-23-16-14-12-10-8-2)37-31-25-19-18-21-27-33-39(3)4/h17,23-24,29,36,39-41H,7-16,18-22,25-28,30-35,37-38H2,1-6H3/b24-17+,29-23+,42-36-. The van der Waals surface area contributed by atoms with Crippen molar-refractivity contribution in [2.24, 2.45) is 17.8 Å². The normalized spacial score (nSPS) is 13.5. The van der Waals surface area contributed by atoms with E-state index in [0.29, 0.717) is 0 Å². The van der Waals surface area contributed by atoms with Crippen molar-refractivity contribution in [3.05, 3.63) is 36.0 Å². The van der Waals surface area contributed by atoms with Crippen molar-refractivity contribution in [1.29, 1.82) is 0 Å². The minimum absolute atomic E-state index is 0.761. The van der Waals surface area contributed by atoms with Crippen LogP contribution in [0, 0.1) is 17.8 Å². The van der Waals surface area contributed by atoms with Crippen LogP contribution in [0.15, 0.2) is 36.0 Å². The van der Waals surface area contributed by atoms with Crippen molar-refractivity contribution in [2.75, 3.05) is 0 Å². The van der Waals surface area contributed by atoms with E-state index in [0.717, 1.165) is 24.2 Å². The van der Waals surface area contributed by atoms with E-state index in [-0.39, 0.29) is 0 Å². The van der Waals surface area contributed by atoms with Gasteiger partial charge in [0, 0.05) is 0 Å². The Hall–Kier alpha value is -0.780. The van der Waals surface area contributed by atoms with Crippen LogP contribution in [0.3, 0.4) is 0 Å². The molecule has 0 aromatic carbocycles. The smallest absolute Gasteiger partial charge is 0.0166 e. The topological polar surface area (TPSA) is 0 Å². The van der Waals surface area contributed by atoms with Gasteiger partial charge >= 0.3 is 0 Å². The molecule has 0 radical (unpaired) electrons. The van der Waals surface area contributed by atoms with E-state index in [1.54, 1.807) is 5.57 Å². The molecular weight excluding hydrogens is 504 g/mol. The van der Waals surface area contributed by atoms with Gasteiger partial charge in [0.2, 0.25) is 0 Å². The molecule has 0 N–H and O–H groups in total. The van der Waals surface area contributed by atoms with Crippen LogP contribution >= 0.6 is 0 Å². The van der Waals surface area contributed by atoms with Gasteiger partial charge < -0.3 is 0 Å². The number of hydrogen-bond donors (Lipinski definition) is 0. The minimum Gasteiger partial charge on any atom is -0.0885 e. The number of hydrogen-bond acceptors (Lipinski definition) is 0.